The number of hydrogen-bond acceptors (Lipinski definition) is 5. The Hall–Kier alpha value is -2.96. The molecule has 2 heterocycles. The third-order valence-corrected chi connectivity index (χ3v) is 3.94. The van der Waals surface area contributed by atoms with Crippen LogP contribution in [0.5, 0.6) is 0 Å². The fraction of sp³-hybridized carbons (Fsp3) is 0.333. The van der Waals surface area contributed by atoms with Crippen LogP contribution in [0.4, 0.5) is 5.95 Å². The van der Waals surface area contributed by atoms with Crippen molar-refractivity contribution in [3.8, 4) is 0 Å². The summed E-state index contributed by atoms with van der Waals surface area (Å²) in [6, 6.07) is 8.16. The second kappa shape index (κ2) is 6.51. The Bertz CT molecular complexity index is 977. The van der Waals surface area contributed by atoms with E-state index < -0.39 is 0 Å². The van der Waals surface area contributed by atoms with Gasteiger partial charge in [0.05, 0.1) is 6.21 Å². The molecule has 0 atom stereocenters. The predicted molar refractivity (Wildman–Crippen MR) is 100 cm³/mol. The van der Waals surface area contributed by atoms with E-state index in [-0.39, 0.29) is 16.9 Å². The lowest BCUT2D eigenvalue weighted by Gasteiger charge is -2.15. The van der Waals surface area contributed by atoms with Crippen LogP contribution in [0, 0.1) is 0 Å². The summed E-state index contributed by atoms with van der Waals surface area (Å²) in [5, 5.41) is 13.3. The standard InChI is InChI=1S/C18H22N6O/c1-5-24-11-12(13-8-6-7-9-14(13)24)10-19-22-17-20-16(25)15(21-23-17)18(2,3)4/h6-11H,5H2,1-4H3,(H2,20,22,23,25)/b19-10+. The number of para-hydroxylation sites is 1. The molecule has 0 fully saturated rings. The second-order valence-electron chi connectivity index (χ2n) is 6.86. The summed E-state index contributed by atoms with van der Waals surface area (Å²) in [7, 11) is 0. The van der Waals surface area contributed by atoms with Crippen molar-refractivity contribution < 1.29 is 0 Å². The van der Waals surface area contributed by atoms with E-state index in [0.717, 1.165) is 23.0 Å². The van der Waals surface area contributed by atoms with Gasteiger partial charge in [0, 0.05) is 34.6 Å². The average Bonchev–Trinajstić information content (AvgIpc) is 2.92. The van der Waals surface area contributed by atoms with E-state index in [1.165, 1.54) is 0 Å². The van der Waals surface area contributed by atoms with Crippen molar-refractivity contribution in [1.82, 2.24) is 19.7 Å². The Labute approximate surface area is 145 Å². The highest BCUT2D eigenvalue weighted by Crippen LogP contribution is 2.20. The summed E-state index contributed by atoms with van der Waals surface area (Å²) in [6.45, 7) is 8.74. The SMILES string of the molecule is CCn1cc(/C=N/Nc2nnc(C(C)(C)C)c(=O)[nH]2)c2ccccc21. The van der Waals surface area contributed by atoms with E-state index in [0.29, 0.717) is 5.69 Å². The highest BCUT2D eigenvalue weighted by atomic mass is 16.1. The van der Waals surface area contributed by atoms with E-state index in [9.17, 15) is 4.79 Å². The Balaban J connectivity index is 1.83. The molecule has 1 aromatic carbocycles. The molecule has 2 N–H and O–H groups in total. The van der Waals surface area contributed by atoms with Crippen LogP contribution in [0.25, 0.3) is 10.9 Å². The first-order chi connectivity index (χ1) is 11.9. The van der Waals surface area contributed by atoms with Gasteiger partial charge in [-0.05, 0) is 13.0 Å². The van der Waals surface area contributed by atoms with Crippen molar-refractivity contribution in [2.45, 2.75) is 39.7 Å². The zero-order chi connectivity index (χ0) is 18.0. The largest absolute Gasteiger partial charge is 0.347 e. The van der Waals surface area contributed by atoms with Crippen molar-refractivity contribution >= 4 is 23.1 Å². The summed E-state index contributed by atoms with van der Waals surface area (Å²) in [5.41, 5.74) is 4.67. The summed E-state index contributed by atoms with van der Waals surface area (Å²) in [4.78, 5) is 14.7. The zero-order valence-electron chi connectivity index (χ0n) is 14.9. The predicted octanol–water partition coefficient (Wildman–Crippen LogP) is 2.88. The third kappa shape index (κ3) is 3.45. The number of aromatic nitrogens is 4. The third-order valence-electron chi connectivity index (χ3n) is 3.94. The zero-order valence-corrected chi connectivity index (χ0v) is 14.9. The number of hydrogen-bond donors (Lipinski definition) is 2. The monoisotopic (exact) mass is 338 g/mol. The van der Waals surface area contributed by atoms with Crippen LogP contribution in [0.15, 0.2) is 40.4 Å². The molecule has 0 bridgehead atoms. The molecule has 0 aliphatic carbocycles. The van der Waals surface area contributed by atoms with Crippen molar-refractivity contribution in [1.29, 1.82) is 0 Å². The maximum absolute atomic E-state index is 12.1. The molecule has 0 saturated heterocycles. The fourth-order valence-electron chi connectivity index (χ4n) is 2.68. The Morgan fingerprint density at radius 1 is 1.28 bits per heavy atom. The molecule has 25 heavy (non-hydrogen) atoms. The van der Waals surface area contributed by atoms with Gasteiger partial charge in [0.2, 0.25) is 5.95 Å². The van der Waals surface area contributed by atoms with Crippen LogP contribution >= 0.6 is 0 Å². The maximum Gasteiger partial charge on any atom is 0.274 e. The number of aromatic amines is 1. The molecule has 0 unspecified atom stereocenters. The van der Waals surface area contributed by atoms with Gasteiger partial charge < -0.3 is 4.57 Å². The van der Waals surface area contributed by atoms with Gasteiger partial charge in [-0.15, -0.1) is 10.2 Å². The molecule has 7 heteroatoms. The van der Waals surface area contributed by atoms with Crippen LogP contribution in [-0.2, 0) is 12.0 Å². The van der Waals surface area contributed by atoms with Crippen LogP contribution in [0.1, 0.15) is 39.0 Å². The van der Waals surface area contributed by atoms with Gasteiger partial charge >= 0.3 is 0 Å². The molecule has 0 saturated carbocycles. The van der Waals surface area contributed by atoms with Gasteiger partial charge in [-0.1, -0.05) is 39.0 Å². The molecule has 0 aliphatic heterocycles. The number of benzene rings is 1. The van der Waals surface area contributed by atoms with Crippen LogP contribution in [0.2, 0.25) is 0 Å². The smallest absolute Gasteiger partial charge is 0.274 e. The second-order valence-corrected chi connectivity index (χ2v) is 6.86. The van der Waals surface area contributed by atoms with E-state index in [4.69, 9.17) is 0 Å². The fourth-order valence-corrected chi connectivity index (χ4v) is 2.68. The van der Waals surface area contributed by atoms with Gasteiger partial charge in [0.1, 0.15) is 5.69 Å². The summed E-state index contributed by atoms with van der Waals surface area (Å²) in [5.74, 6) is 0.216. The molecule has 7 nitrogen and oxygen atoms in total. The maximum atomic E-state index is 12.1. The number of nitrogens with one attached hydrogen (secondary N) is 2. The summed E-state index contributed by atoms with van der Waals surface area (Å²) >= 11 is 0. The van der Waals surface area contributed by atoms with E-state index in [1.54, 1.807) is 6.21 Å². The lowest BCUT2D eigenvalue weighted by molar-refractivity contribution is 0.547. The quantitative estimate of drug-likeness (QED) is 0.565. The van der Waals surface area contributed by atoms with E-state index >= 15 is 0 Å². The first-order valence-corrected chi connectivity index (χ1v) is 8.24. The lowest BCUT2D eigenvalue weighted by atomic mass is 9.93. The first-order valence-electron chi connectivity index (χ1n) is 8.24. The van der Waals surface area contributed by atoms with Gasteiger partial charge in [0.25, 0.3) is 5.56 Å². The molecular weight excluding hydrogens is 316 g/mol. The molecule has 3 rings (SSSR count). The van der Waals surface area contributed by atoms with Crippen molar-refractivity contribution in [3.05, 3.63) is 52.1 Å². The van der Waals surface area contributed by atoms with Crippen LogP contribution in [0.3, 0.4) is 0 Å². The first kappa shape index (κ1) is 16.9. The van der Waals surface area contributed by atoms with Gasteiger partial charge in [-0.3, -0.25) is 9.78 Å². The Morgan fingerprint density at radius 2 is 2.04 bits per heavy atom. The molecule has 3 aromatic rings. The number of hydrazone groups is 1. The molecule has 130 valence electrons. The minimum Gasteiger partial charge on any atom is -0.347 e. The van der Waals surface area contributed by atoms with Crippen molar-refractivity contribution in [3.63, 3.8) is 0 Å². The Kier molecular flexibility index (Phi) is 4.39. The topological polar surface area (TPSA) is 88.0 Å². The lowest BCUT2D eigenvalue weighted by Crippen LogP contribution is -2.28. The van der Waals surface area contributed by atoms with Gasteiger partial charge in [0.15, 0.2) is 0 Å². The molecule has 0 amide bonds. The number of aryl methyl sites for hydroxylation is 1. The van der Waals surface area contributed by atoms with Crippen LogP contribution < -0.4 is 11.0 Å². The summed E-state index contributed by atoms with van der Waals surface area (Å²) in [6.07, 6.45) is 3.76. The van der Waals surface area contributed by atoms with E-state index in [2.05, 4.69) is 49.3 Å². The molecular formula is C18H22N6O. The number of nitrogens with zero attached hydrogens (tertiary/aromatic N) is 4. The summed E-state index contributed by atoms with van der Waals surface area (Å²) < 4.78 is 2.16. The minimum atomic E-state index is -0.357. The number of rotatable bonds is 4. The average molecular weight is 338 g/mol. The van der Waals surface area contributed by atoms with Crippen molar-refractivity contribution in [2.24, 2.45) is 5.10 Å². The highest BCUT2D eigenvalue weighted by Gasteiger charge is 2.20. The molecule has 0 spiro atoms. The van der Waals surface area contributed by atoms with Gasteiger partial charge in [-0.2, -0.15) is 5.10 Å². The highest BCUT2D eigenvalue weighted by molar-refractivity contribution is 5.99. The number of anilines is 1. The van der Waals surface area contributed by atoms with Gasteiger partial charge in [-0.25, -0.2) is 5.43 Å². The minimum absolute atomic E-state index is 0.216. The normalized spacial score (nSPS) is 12.2. The van der Waals surface area contributed by atoms with Crippen LogP contribution in [-0.4, -0.2) is 26.0 Å². The Morgan fingerprint density at radius 3 is 2.72 bits per heavy atom. The number of H-pyrrole nitrogens is 1. The van der Waals surface area contributed by atoms with Crippen molar-refractivity contribution in [2.75, 3.05) is 5.43 Å². The molecule has 2 aromatic heterocycles. The molecule has 0 aliphatic rings. The molecule has 0 radical (unpaired) electrons. The van der Waals surface area contributed by atoms with E-state index in [1.807, 2.05) is 39.1 Å². The number of fused-ring (bicyclic) bond motifs is 1.